The Bertz CT molecular complexity index is 402. The highest BCUT2D eigenvalue weighted by molar-refractivity contribution is 9.10. The molecular formula is C15H23BrFNO2. The lowest BCUT2D eigenvalue weighted by molar-refractivity contribution is 0.261. The summed E-state index contributed by atoms with van der Waals surface area (Å²) < 4.78 is 24.2. The van der Waals surface area contributed by atoms with Gasteiger partial charge in [-0.25, -0.2) is 0 Å². The largest absolute Gasteiger partial charge is 0.490 e. The molecule has 0 aromatic heterocycles. The van der Waals surface area contributed by atoms with Crippen LogP contribution in [0.15, 0.2) is 16.6 Å². The second-order valence-electron chi connectivity index (χ2n) is 4.41. The summed E-state index contributed by atoms with van der Waals surface area (Å²) in [7, 11) is 0. The van der Waals surface area contributed by atoms with Crippen LogP contribution in [0.4, 0.5) is 4.39 Å². The lowest BCUT2D eigenvalue weighted by Crippen LogP contribution is -2.14. The van der Waals surface area contributed by atoms with Crippen LogP contribution < -0.4 is 14.8 Å². The van der Waals surface area contributed by atoms with Gasteiger partial charge in [0.25, 0.3) is 0 Å². The molecule has 114 valence electrons. The third-order valence-corrected chi connectivity index (χ3v) is 3.24. The monoisotopic (exact) mass is 347 g/mol. The van der Waals surface area contributed by atoms with Crippen LogP contribution in [0, 0.1) is 0 Å². The molecule has 0 unspecified atom stereocenters. The van der Waals surface area contributed by atoms with Crippen LogP contribution in [-0.4, -0.2) is 26.4 Å². The van der Waals surface area contributed by atoms with E-state index in [4.69, 9.17) is 9.47 Å². The molecule has 0 saturated heterocycles. The van der Waals surface area contributed by atoms with Crippen molar-refractivity contribution >= 4 is 15.9 Å². The van der Waals surface area contributed by atoms with Crippen molar-refractivity contribution in [2.45, 2.75) is 33.2 Å². The van der Waals surface area contributed by atoms with Crippen LogP contribution >= 0.6 is 15.9 Å². The zero-order valence-corrected chi connectivity index (χ0v) is 13.8. The maximum absolute atomic E-state index is 12.2. The fourth-order valence-corrected chi connectivity index (χ4v) is 2.37. The second kappa shape index (κ2) is 10.00. The SMILES string of the molecule is CCCNCc1cc(Br)c(OCCCF)c(OCC)c1. The number of ether oxygens (including phenoxy) is 2. The molecular weight excluding hydrogens is 325 g/mol. The van der Waals surface area contributed by atoms with Gasteiger partial charge in [-0.3, -0.25) is 4.39 Å². The highest BCUT2D eigenvalue weighted by Gasteiger charge is 2.12. The number of benzene rings is 1. The van der Waals surface area contributed by atoms with E-state index in [0.29, 0.717) is 31.1 Å². The molecule has 0 aliphatic rings. The molecule has 1 aromatic carbocycles. The van der Waals surface area contributed by atoms with E-state index in [1.807, 2.05) is 19.1 Å². The fourth-order valence-electron chi connectivity index (χ4n) is 1.76. The van der Waals surface area contributed by atoms with Crippen molar-refractivity contribution in [1.29, 1.82) is 0 Å². The zero-order valence-electron chi connectivity index (χ0n) is 12.2. The molecule has 20 heavy (non-hydrogen) atoms. The van der Waals surface area contributed by atoms with E-state index in [1.54, 1.807) is 0 Å². The molecule has 1 rings (SSSR count). The maximum atomic E-state index is 12.2. The van der Waals surface area contributed by atoms with Crippen molar-refractivity contribution < 1.29 is 13.9 Å². The molecule has 0 spiro atoms. The van der Waals surface area contributed by atoms with Crippen LogP contribution in [0.2, 0.25) is 0 Å². The first-order valence-electron chi connectivity index (χ1n) is 7.07. The first-order chi connectivity index (χ1) is 9.72. The lowest BCUT2D eigenvalue weighted by atomic mass is 10.2. The average molecular weight is 348 g/mol. The minimum absolute atomic E-state index is 0.350. The van der Waals surface area contributed by atoms with Gasteiger partial charge in [-0.1, -0.05) is 6.92 Å². The van der Waals surface area contributed by atoms with E-state index < -0.39 is 0 Å². The number of hydrogen-bond donors (Lipinski definition) is 1. The van der Waals surface area contributed by atoms with Crippen LogP contribution in [0.1, 0.15) is 32.3 Å². The van der Waals surface area contributed by atoms with Crippen molar-refractivity contribution in [2.75, 3.05) is 26.4 Å². The Morgan fingerprint density at radius 2 is 2.05 bits per heavy atom. The third kappa shape index (κ3) is 5.67. The predicted molar refractivity (Wildman–Crippen MR) is 83.4 cm³/mol. The van der Waals surface area contributed by atoms with Crippen molar-refractivity contribution in [3.05, 3.63) is 22.2 Å². The summed E-state index contributed by atoms with van der Waals surface area (Å²) >= 11 is 3.50. The van der Waals surface area contributed by atoms with E-state index >= 15 is 0 Å². The number of hydrogen-bond acceptors (Lipinski definition) is 3. The number of alkyl halides is 1. The summed E-state index contributed by atoms with van der Waals surface area (Å²) in [5.41, 5.74) is 1.13. The van der Waals surface area contributed by atoms with E-state index in [2.05, 4.69) is 28.2 Å². The Labute approximate surface area is 129 Å². The Kier molecular flexibility index (Phi) is 8.62. The van der Waals surface area contributed by atoms with Crippen molar-refractivity contribution in [1.82, 2.24) is 5.32 Å². The fraction of sp³-hybridized carbons (Fsp3) is 0.600. The highest BCUT2D eigenvalue weighted by Crippen LogP contribution is 2.37. The summed E-state index contributed by atoms with van der Waals surface area (Å²) in [6, 6.07) is 3.98. The third-order valence-electron chi connectivity index (χ3n) is 2.65. The Hall–Kier alpha value is -0.810. The van der Waals surface area contributed by atoms with E-state index in [1.165, 1.54) is 0 Å². The Balaban J connectivity index is 2.81. The van der Waals surface area contributed by atoms with E-state index in [9.17, 15) is 4.39 Å². The molecule has 5 heteroatoms. The molecule has 0 bridgehead atoms. The summed E-state index contributed by atoms with van der Waals surface area (Å²) in [4.78, 5) is 0. The average Bonchev–Trinajstić information content (AvgIpc) is 2.42. The van der Waals surface area contributed by atoms with Gasteiger partial charge in [0.1, 0.15) is 0 Å². The van der Waals surface area contributed by atoms with Gasteiger partial charge in [-0.05, 0) is 53.5 Å². The standard InChI is InChI=1S/C15H23BrFNO2/c1-3-7-18-11-12-9-13(16)15(20-8-5-6-17)14(10-12)19-4-2/h9-10,18H,3-8,11H2,1-2H3. The second-order valence-corrected chi connectivity index (χ2v) is 5.26. The number of rotatable bonds is 10. The molecule has 1 aromatic rings. The molecule has 0 radical (unpaired) electrons. The van der Waals surface area contributed by atoms with Gasteiger partial charge in [0.15, 0.2) is 11.5 Å². The molecule has 0 fully saturated rings. The maximum Gasteiger partial charge on any atom is 0.175 e. The molecule has 0 aliphatic heterocycles. The quantitative estimate of drug-likeness (QED) is 0.646. The first-order valence-corrected chi connectivity index (χ1v) is 7.86. The van der Waals surface area contributed by atoms with Crippen LogP contribution in [0.5, 0.6) is 11.5 Å². The van der Waals surface area contributed by atoms with Crippen LogP contribution in [0.3, 0.4) is 0 Å². The van der Waals surface area contributed by atoms with Crippen LogP contribution in [-0.2, 0) is 6.54 Å². The molecule has 0 saturated carbocycles. The topological polar surface area (TPSA) is 30.5 Å². The van der Waals surface area contributed by atoms with Gasteiger partial charge in [-0.2, -0.15) is 0 Å². The van der Waals surface area contributed by atoms with Gasteiger partial charge in [0.05, 0.1) is 24.4 Å². The molecule has 0 atom stereocenters. The summed E-state index contributed by atoms with van der Waals surface area (Å²) in [6.45, 7) is 6.38. The van der Waals surface area contributed by atoms with Gasteiger partial charge in [0, 0.05) is 13.0 Å². The van der Waals surface area contributed by atoms with Crippen molar-refractivity contribution in [3.63, 3.8) is 0 Å². The van der Waals surface area contributed by atoms with Crippen LogP contribution in [0.25, 0.3) is 0 Å². The van der Waals surface area contributed by atoms with Gasteiger partial charge in [-0.15, -0.1) is 0 Å². The van der Waals surface area contributed by atoms with Gasteiger partial charge < -0.3 is 14.8 Å². The first kappa shape index (κ1) is 17.2. The smallest absolute Gasteiger partial charge is 0.175 e. The van der Waals surface area contributed by atoms with Crippen molar-refractivity contribution in [2.24, 2.45) is 0 Å². The molecule has 1 N–H and O–H groups in total. The summed E-state index contributed by atoms with van der Waals surface area (Å²) in [6.07, 6.45) is 1.49. The Morgan fingerprint density at radius 3 is 2.70 bits per heavy atom. The highest BCUT2D eigenvalue weighted by atomic mass is 79.9. The normalized spacial score (nSPS) is 10.6. The molecule has 0 amide bonds. The zero-order chi connectivity index (χ0) is 14.8. The van der Waals surface area contributed by atoms with E-state index in [0.717, 1.165) is 29.5 Å². The van der Waals surface area contributed by atoms with Gasteiger partial charge >= 0.3 is 0 Å². The molecule has 3 nitrogen and oxygen atoms in total. The summed E-state index contributed by atoms with van der Waals surface area (Å²) in [5.74, 6) is 1.36. The number of halogens is 2. The molecule has 0 aliphatic carbocycles. The lowest BCUT2D eigenvalue weighted by Gasteiger charge is -2.15. The van der Waals surface area contributed by atoms with Gasteiger partial charge in [0.2, 0.25) is 0 Å². The predicted octanol–water partition coefficient (Wildman–Crippen LogP) is 4.09. The summed E-state index contributed by atoms with van der Waals surface area (Å²) in [5, 5.41) is 3.35. The molecule has 0 heterocycles. The van der Waals surface area contributed by atoms with E-state index in [-0.39, 0.29) is 6.67 Å². The Morgan fingerprint density at radius 1 is 1.25 bits per heavy atom. The van der Waals surface area contributed by atoms with Crippen molar-refractivity contribution in [3.8, 4) is 11.5 Å². The number of nitrogens with one attached hydrogen (secondary N) is 1. The minimum atomic E-state index is -0.374. The minimum Gasteiger partial charge on any atom is -0.490 e.